The zero-order valence-electron chi connectivity index (χ0n) is 17.2. The van der Waals surface area contributed by atoms with Gasteiger partial charge >= 0.3 is 0 Å². The number of benzene rings is 4. The van der Waals surface area contributed by atoms with Crippen molar-refractivity contribution >= 4 is 0 Å². The van der Waals surface area contributed by atoms with Gasteiger partial charge < -0.3 is 0 Å². The third-order valence-corrected chi connectivity index (χ3v) is 5.21. The predicted octanol–water partition coefficient (Wildman–Crippen LogP) is 6.85. The highest BCUT2D eigenvalue weighted by molar-refractivity contribution is 5.72. The molecule has 0 radical (unpaired) electrons. The molecule has 31 heavy (non-hydrogen) atoms. The van der Waals surface area contributed by atoms with Gasteiger partial charge in [0.15, 0.2) is 17.5 Å². The second-order valence-electron chi connectivity index (χ2n) is 7.49. The maximum atomic E-state index is 4.84. The van der Waals surface area contributed by atoms with Crippen molar-refractivity contribution in [2.45, 2.75) is 6.92 Å². The average molecular weight is 399 g/mol. The van der Waals surface area contributed by atoms with E-state index in [-0.39, 0.29) is 0 Å². The molecule has 0 fully saturated rings. The van der Waals surface area contributed by atoms with Gasteiger partial charge in [-0.15, -0.1) is 0 Å². The van der Waals surface area contributed by atoms with Crippen LogP contribution in [-0.4, -0.2) is 15.0 Å². The third kappa shape index (κ3) is 4.12. The van der Waals surface area contributed by atoms with Gasteiger partial charge in [0, 0.05) is 16.7 Å². The summed E-state index contributed by atoms with van der Waals surface area (Å²) in [7, 11) is 0. The molecule has 0 amide bonds. The maximum Gasteiger partial charge on any atom is 0.164 e. The molecule has 0 saturated heterocycles. The van der Waals surface area contributed by atoms with E-state index < -0.39 is 0 Å². The summed E-state index contributed by atoms with van der Waals surface area (Å²) in [5, 5.41) is 0. The molecule has 0 atom stereocenters. The maximum absolute atomic E-state index is 4.84. The molecule has 4 aromatic carbocycles. The molecule has 5 aromatic rings. The minimum atomic E-state index is 0.669. The Morgan fingerprint density at radius 1 is 0.387 bits per heavy atom. The lowest BCUT2D eigenvalue weighted by Gasteiger charge is -2.10. The van der Waals surface area contributed by atoms with Crippen molar-refractivity contribution in [2.24, 2.45) is 0 Å². The number of aromatic nitrogens is 3. The van der Waals surface area contributed by atoms with E-state index in [0.29, 0.717) is 17.5 Å². The first kappa shape index (κ1) is 18.9. The zero-order chi connectivity index (χ0) is 21.0. The van der Waals surface area contributed by atoms with Crippen LogP contribution in [0.5, 0.6) is 0 Å². The van der Waals surface area contributed by atoms with Crippen molar-refractivity contribution in [1.29, 1.82) is 0 Å². The topological polar surface area (TPSA) is 38.7 Å². The van der Waals surface area contributed by atoms with Crippen LogP contribution in [0.3, 0.4) is 0 Å². The highest BCUT2D eigenvalue weighted by Crippen LogP contribution is 2.28. The highest BCUT2D eigenvalue weighted by atomic mass is 15.0. The van der Waals surface area contributed by atoms with Crippen molar-refractivity contribution in [3.63, 3.8) is 0 Å². The van der Waals surface area contributed by atoms with Crippen LogP contribution in [0.4, 0.5) is 0 Å². The van der Waals surface area contributed by atoms with E-state index in [1.165, 1.54) is 11.1 Å². The molecule has 0 aliphatic carbocycles. The van der Waals surface area contributed by atoms with Gasteiger partial charge in [-0.1, -0.05) is 109 Å². The number of hydrogen-bond acceptors (Lipinski definition) is 3. The minimum absolute atomic E-state index is 0.669. The van der Waals surface area contributed by atoms with Crippen LogP contribution in [0.1, 0.15) is 5.56 Å². The van der Waals surface area contributed by atoms with Crippen molar-refractivity contribution in [2.75, 3.05) is 0 Å². The summed E-state index contributed by atoms with van der Waals surface area (Å²) in [4.78, 5) is 14.5. The number of hydrogen-bond donors (Lipinski definition) is 0. The molecule has 1 heterocycles. The van der Waals surface area contributed by atoms with E-state index in [1.807, 2.05) is 48.5 Å². The summed E-state index contributed by atoms with van der Waals surface area (Å²) in [6.07, 6.45) is 0. The Bertz CT molecular complexity index is 1310. The van der Waals surface area contributed by atoms with Crippen LogP contribution in [0.2, 0.25) is 0 Å². The Labute approximate surface area is 182 Å². The van der Waals surface area contributed by atoms with Gasteiger partial charge in [-0.3, -0.25) is 0 Å². The van der Waals surface area contributed by atoms with E-state index in [9.17, 15) is 0 Å². The first-order chi connectivity index (χ1) is 15.3. The highest BCUT2D eigenvalue weighted by Gasteiger charge is 2.12. The monoisotopic (exact) mass is 399 g/mol. The molecule has 0 aliphatic heterocycles. The van der Waals surface area contributed by atoms with E-state index in [0.717, 1.165) is 22.3 Å². The van der Waals surface area contributed by atoms with Gasteiger partial charge in [-0.05, 0) is 24.1 Å². The quantitative estimate of drug-likeness (QED) is 0.332. The molecule has 3 nitrogen and oxygen atoms in total. The number of aryl methyl sites for hydroxylation is 1. The molecule has 0 bridgehead atoms. The molecule has 0 aliphatic rings. The summed E-state index contributed by atoms with van der Waals surface area (Å²) in [6.45, 7) is 2.08. The first-order valence-corrected chi connectivity index (χ1v) is 10.3. The fraction of sp³-hybridized carbons (Fsp3) is 0.0357. The summed E-state index contributed by atoms with van der Waals surface area (Å²) < 4.78 is 0. The number of nitrogens with zero attached hydrogens (tertiary/aromatic N) is 3. The molecule has 1 aromatic heterocycles. The molecule has 5 rings (SSSR count). The van der Waals surface area contributed by atoms with E-state index in [4.69, 9.17) is 15.0 Å². The van der Waals surface area contributed by atoms with Gasteiger partial charge in [0.25, 0.3) is 0 Å². The molecule has 148 valence electrons. The molecule has 3 heteroatoms. The van der Waals surface area contributed by atoms with Crippen LogP contribution in [0.15, 0.2) is 109 Å². The van der Waals surface area contributed by atoms with Crippen molar-refractivity contribution < 1.29 is 0 Å². The summed E-state index contributed by atoms with van der Waals surface area (Å²) in [5.41, 5.74) is 6.42. The Morgan fingerprint density at radius 2 is 0.839 bits per heavy atom. The summed E-state index contributed by atoms with van der Waals surface area (Å²) in [6, 6.07) is 37.0. The molecule has 0 saturated carbocycles. The molecule has 0 unspecified atom stereocenters. The Morgan fingerprint density at radius 3 is 1.45 bits per heavy atom. The fourth-order valence-electron chi connectivity index (χ4n) is 3.52. The van der Waals surface area contributed by atoms with Gasteiger partial charge in [0.2, 0.25) is 0 Å². The molecule has 0 spiro atoms. The van der Waals surface area contributed by atoms with Gasteiger partial charge in [0.05, 0.1) is 0 Å². The Kier molecular flexibility index (Phi) is 5.07. The van der Waals surface area contributed by atoms with Crippen molar-refractivity contribution in [1.82, 2.24) is 15.0 Å². The molecule has 0 N–H and O–H groups in total. The van der Waals surface area contributed by atoms with Crippen LogP contribution < -0.4 is 0 Å². The zero-order valence-corrected chi connectivity index (χ0v) is 17.2. The molecular formula is C28H21N3. The smallest absolute Gasteiger partial charge is 0.164 e. The standard InChI is InChI=1S/C28H21N3/c1-20-15-17-23(18-16-20)27-29-26(22-11-6-3-7-12-22)30-28(31-27)25-14-8-13-24(19-25)21-9-4-2-5-10-21/h2-19H,1H3. The summed E-state index contributed by atoms with van der Waals surface area (Å²) >= 11 is 0. The largest absolute Gasteiger partial charge is 0.208 e. The summed E-state index contributed by atoms with van der Waals surface area (Å²) in [5.74, 6) is 2.02. The fourth-order valence-corrected chi connectivity index (χ4v) is 3.52. The van der Waals surface area contributed by atoms with Gasteiger partial charge in [0.1, 0.15) is 0 Å². The van der Waals surface area contributed by atoms with E-state index in [1.54, 1.807) is 0 Å². The SMILES string of the molecule is Cc1ccc(-c2nc(-c3ccccc3)nc(-c3cccc(-c4ccccc4)c3)n2)cc1. The van der Waals surface area contributed by atoms with Crippen LogP contribution in [0.25, 0.3) is 45.3 Å². The first-order valence-electron chi connectivity index (χ1n) is 10.3. The Balaban J connectivity index is 1.66. The van der Waals surface area contributed by atoms with Crippen LogP contribution >= 0.6 is 0 Å². The van der Waals surface area contributed by atoms with Gasteiger partial charge in [-0.25, -0.2) is 15.0 Å². The lowest BCUT2D eigenvalue weighted by molar-refractivity contribution is 1.07. The normalized spacial score (nSPS) is 10.7. The number of rotatable bonds is 4. The van der Waals surface area contributed by atoms with Crippen molar-refractivity contribution in [3.05, 3.63) is 115 Å². The van der Waals surface area contributed by atoms with E-state index >= 15 is 0 Å². The van der Waals surface area contributed by atoms with Crippen LogP contribution in [-0.2, 0) is 0 Å². The van der Waals surface area contributed by atoms with Gasteiger partial charge in [-0.2, -0.15) is 0 Å². The second kappa shape index (κ2) is 8.33. The average Bonchev–Trinajstić information content (AvgIpc) is 2.85. The minimum Gasteiger partial charge on any atom is -0.208 e. The Hall–Kier alpha value is -4.11. The predicted molar refractivity (Wildman–Crippen MR) is 126 cm³/mol. The second-order valence-corrected chi connectivity index (χ2v) is 7.49. The van der Waals surface area contributed by atoms with Crippen LogP contribution in [0, 0.1) is 6.92 Å². The van der Waals surface area contributed by atoms with E-state index in [2.05, 4.69) is 67.6 Å². The molecular weight excluding hydrogens is 378 g/mol. The van der Waals surface area contributed by atoms with Crippen molar-refractivity contribution in [3.8, 4) is 45.3 Å². The third-order valence-electron chi connectivity index (χ3n) is 5.21. The lowest BCUT2D eigenvalue weighted by Crippen LogP contribution is -2.00. The lowest BCUT2D eigenvalue weighted by atomic mass is 10.0.